The van der Waals surface area contributed by atoms with Gasteiger partial charge in [0.2, 0.25) is 0 Å². The third-order valence-corrected chi connectivity index (χ3v) is 2.66. The van der Waals surface area contributed by atoms with Crippen molar-refractivity contribution in [2.75, 3.05) is 0 Å². The minimum atomic E-state index is 0.644. The van der Waals surface area contributed by atoms with Gasteiger partial charge in [0.25, 0.3) is 0 Å². The summed E-state index contributed by atoms with van der Waals surface area (Å²) < 4.78 is 5.48. The van der Waals surface area contributed by atoms with Crippen LogP contribution in [0.4, 0.5) is 0 Å². The van der Waals surface area contributed by atoms with Crippen LogP contribution in [0.3, 0.4) is 0 Å². The number of benzene rings is 1. The standard InChI is InChI=1S/C13H17NO/c1-4-10-5-6-11(7-9(2)3)13-12(10)14-8-15-13/h5-6,8-9H,4,7H2,1-3H3. The third-order valence-electron chi connectivity index (χ3n) is 2.66. The molecule has 0 saturated heterocycles. The second-order valence-corrected chi connectivity index (χ2v) is 4.37. The van der Waals surface area contributed by atoms with Crippen molar-refractivity contribution < 1.29 is 4.42 Å². The molecule has 0 spiro atoms. The van der Waals surface area contributed by atoms with Gasteiger partial charge in [0, 0.05) is 0 Å². The lowest BCUT2D eigenvalue weighted by atomic mass is 9.99. The summed E-state index contributed by atoms with van der Waals surface area (Å²) in [6, 6.07) is 4.34. The molecule has 0 saturated carbocycles. The summed E-state index contributed by atoms with van der Waals surface area (Å²) in [5, 5.41) is 0. The summed E-state index contributed by atoms with van der Waals surface area (Å²) in [6.07, 6.45) is 3.61. The Bertz CT molecular complexity index is 457. The molecule has 0 unspecified atom stereocenters. The first-order chi connectivity index (χ1) is 7.22. The lowest BCUT2D eigenvalue weighted by Gasteiger charge is -2.06. The lowest BCUT2D eigenvalue weighted by Crippen LogP contribution is -1.95. The molecule has 0 aliphatic rings. The first-order valence-corrected chi connectivity index (χ1v) is 5.56. The van der Waals surface area contributed by atoms with E-state index in [-0.39, 0.29) is 0 Å². The minimum absolute atomic E-state index is 0.644. The molecule has 0 radical (unpaired) electrons. The number of hydrogen-bond donors (Lipinski definition) is 0. The normalized spacial score (nSPS) is 11.5. The molecule has 1 aromatic heterocycles. The van der Waals surface area contributed by atoms with E-state index in [1.807, 2.05) is 0 Å². The molecule has 0 amide bonds. The highest BCUT2D eigenvalue weighted by atomic mass is 16.3. The van der Waals surface area contributed by atoms with Crippen molar-refractivity contribution in [1.29, 1.82) is 0 Å². The van der Waals surface area contributed by atoms with Crippen LogP contribution in [-0.4, -0.2) is 4.98 Å². The molecular weight excluding hydrogens is 186 g/mol. The van der Waals surface area contributed by atoms with E-state index in [1.165, 1.54) is 11.1 Å². The van der Waals surface area contributed by atoms with Gasteiger partial charge in [-0.05, 0) is 29.9 Å². The highest BCUT2D eigenvalue weighted by Gasteiger charge is 2.10. The predicted octanol–water partition coefficient (Wildman–Crippen LogP) is 3.59. The minimum Gasteiger partial charge on any atom is -0.443 e. The molecule has 2 heteroatoms. The summed E-state index contributed by atoms with van der Waals surface area (Å²) in [5.41, 5.74) is 4.56. The SMILES string of the molecule is CCc1ccc(CC(C)C)c2ocnc12. The fourth-order valence-corrected chi connectivity index (χ4v) is 1.94. The molecule has 0 atom stereocenters. The second kappa shape index (κ2) is 4.05. The Morgan fingerprint density at radius 1 is 1.27 bits per heavy atom. The van der Waals surface area contributed by atoms with Crippen LogP contribution in [0.2, 0.25) is 0 Å². The van der Waals surface area contributed by atoms with Gasteiger partial charge in [-0.1, -0.05) is 32.9 Å². The molecule has 0 aliphatic heterocycles. The molecule has 0 fully saturated rings. The number of nitrogens with zero attached hydrogens (tertiary/aromatic N) is 1. The van der Waals surface area contributed by atoms with Gasteiger partial charge in [-0.2, -0.15) is 0 Å². The summed E-state index contributed by atoms with van der Waals surface area (Å²) >= 11 is 0. The van der Waals surface area contributed by atoms with Crippen LogP contribution in [0.25, 0.3) is 11.1 Å². The smallest absolute Gasteiger partial charge is 0.182 e. The topological polar surface area (TPSA) is 26.0 Å². The van der Waals surface area contributed by atoms with Crippen LogP contribution in [0.1, 0.15) is 31.9 Å². The molecule has 2 rings (SSSR count). The summed E-state index contributed by atoms with van der Waals surface area (Å²) in [7, 11) is 0. The Labute approximate surface area is 90.3 Å². The maximum absolute atomic E-state index is 5.48. The predicted molar refractivity (Wildman–Crippen MR) is 61.9 cm³/mol. The molecule has 2 aromatic rings. The Morgan fingerprint density at radius 3 is 2.67 bits per heavy atom. The summed E-state index contributed by atoms with van der Waals surface area (Å²) in [4.78, 5) is 4.29. The maximum Gasteiger partial charge on any atom is 0.182 e. The van der Waals surface area contributed by atoms with Crippen LogP contribution in [0.15, 0.2) is 22.9 Å². The van der Waals surface area contributed by atoms with E-state index < -0.39 is 0 Å². The Morgan fingerprint density at radius 2 is 2.00 bits per heavy atom. The van der Waals surface area contributed by atoms with Gasteiger partial charge in [0.05, 0.1) is 0 Å². The van der Waals surface area contributed by atoms with Gasteiger partial charge in [-0.25, -0.2) is 4.98 Å². The molecule has 2 nitrogen and oxygen atoms in total. The highest BCUT2D eigenvalue weighted by Crippen LogP contribution is 2.24. The van der Waals surface area contributed by atoms with Gasteiger partial charge in [-0.3, -0.25) is 0 Å². The van der Waals surface area contributed by atoms with E-state index in [0.29, 0.717) is 5.92 Å². The zero-order valence-corrected chi connectivity index (χ0v) is 9.58. The Kier molecular flexibility index (Phi) is 2.76. The van der Waals surface area contributed by atoms with Crippen molar-refractivity contribution in [3.63, 3.8) is 0 Å². The van der Waals surface area contributed by atoms with Crippen LogP contribution in [-0.2, 0) is 12.8 Å². The summed E-state index contributed by atoms with van der Waals surface area (Å²) in [6.45, 7) is 6.58. The van der Waals surface area contributed by atoms with Crippen LogP contribution >= 0.6 is 0 Å². The molecule has 1 aromatic carbocycles. The number of aryl methyl sites for hydroxylation is 1. The van der Waals surface area contributed by atoms with E-state index in [4.69, 9.17) is 4.42 Å². The average molecular weight is 203 g/mol. The molecule has 15 heavy (non-hydrogen) atoms. The van der Waals surface area contributed by atoms with Gasteiger partial charge in [0.1, 0.15) is 5.52 Å². The van der Waals surface area contributed by atoms with Crippen LogP contribution in [0, 0.1) is 5.92 Å². The average Bonchev–Trinajstić information content (AvgIpc) is 2.66. The van der Waals surface area contributed by atoms with Crippen LogP contribution < -0.4 is 0 Å². The molecule has 80 valence electrons. The van der Waals surface area contributed by atoms with Crippen molar-refractivity contribution in [2.45, 2.75) is 33.6 Å². The molecular formula is C13H17NO. The zero-order chi connectivity index (χ0) is 10.8. The zero-order valence-electron chi connectivity index (χ0n) is 9.58. The lowest BCUT2D eigenvalue weighted by molar-refractivity contribution is 0.585. The monoisotopic (exact) mass is 203 g/mol. The fourth-order valence-electron chi connectivity index (χ4n) is 1.94. The number of aromatic nitrogens is 1. The van der Waals surface area contributed by atoms with E-state index in [9.17, 15) is 0 Å². The highest BCUT2D eigenvalue weighted by molar-refractivity contribution is 5.79. The maximum atomic E-state index is 5.48. The van der Waals surface area contributed by atoms with Gasteiger partial charge < -0.3 is 4.42 Å². The number of hydrogen-bond acceptors (Lipinski definition) is 2. The molecule has 1 heterocycles. The van der Waals surface area contributed by atoms with Gasteiger partial charge in [0.15, 0.2) is 12.0 Å². The van der Waals surface area contributed by atoms with Crippen molar-refractivity contribution in [1.82, 2.24) is 4.98 Å². The third kappa shape index (κ3) is 1.89. The fraction of sp³-hybridized carbons (Fsp3) is 0.462. The van der Waals surface area contributed by atoms with E-state index in [0.717, 1.165) is 23.9 Å². The van der Waals surface area contributed by atoms with Crippen molar-refractivity contribution in [3.05, 3.63) is 29.7 Å². The molecule has 0 aliphatic carbocycles. The van der Waals surface area contributed by atoms with Crippen molar-refractivity contribution >= 4 is 11.1 Å². The van der Waals surface area contributed by atoms with Gasteiger partial charge in [-0.15, -0.1) is 0 Å². The van der Waals surface area contributed by atoms with E-state index in [1.54, 1.807) is 6.39 Å². The number of oxazole rings is 1. The first kappa shape index (κ1) is 10.2. The van der Waals surface area contributed by atoms with Gasteiger partial charge >= 0.3 is 0 Å². The van der Waals surface area contributed by atoms with Crippen molar-refractivity contribution in [3.8, 4) is 0 Å². The number of rotatable bonds is 3. The Balaban J connectivity index is 2.53. The largest absolute Gasteiger partial charge is 0.443 e. The van der Waals surface area contributed by atoms with E-state index in [2.05, 4.69) is 37.9 Å². The first-order valence-electron chi connectivity index (χ1n) is 5.56. The second-order valence-electron chi connectivity index (χ2n) is 4.37. The Hall–Kier alpha value is -1.31. The van der Waals surface area contributed by atoms with E-state index >= 15 is 0 Å². The quantitative estimate of drug-likeness (QED) is 0.762. The van der Waals surface area contributed by atoms with Crippen molar-refractivity contribution in [2.24, 2.45) is 5.92 Å². The molecule has 0 N–H and O–H groups in total. The molecule has 0 bridgehead atoms. The number of fused-ring (bicyclic) bond motifs is 1. The summed E-state index contributed by atoms with van der Waals surface area (Å²) in [5.74, 6) is 0.644. The van der Waals surface area contributed by atoms with Crippen LogP contribution in [0.5, 0.6) is 0 Å².